The van der Waals surface area contributed by atoms with E-state index in [1.807, 2.05) is 0 Å². The van der Waals surface area contributed by atoms with E-state index in [-0.39, 0.29) is 23.9 Å². The van der Waals surface area contributed by atoms with Crippen LogP contribution >= 0.6 is 0 Å². The van der Waals surface area contributed by atoms with Crippen molar-refractivity contribution in [2.45, 2.75) is 11.0 Å². The maximum atomic E-state index is 10.7. The topological polar surface area (TPSA) is 109 Å². The molecule has 0 aromatic rings. The molecule has 0 amide bonds. The maximum Gasteiger partial charge on any atom is 0.522 e. The number of rotatable bonds is 0. The quantitative estimate of drug-likeness (QED) is 0.255. The Morgan fingerprint density at radius 3 is 0.706 bits per heavy atom. The van der Waals surface area contributed by atoms with E-state index in [4.69, 9.17) is 25.9 Å². The van der Waals surface area contributed by atoms with Crippen molar-refractivity contribution in [1.82, 2.24) is 0 Å². The van der Waals surface area contributed by atoms with Gasteiger partial charge in [0, 0.05) is 23.9 Å². The molecule has 4 radical (unpaired) electrons. The van der Waals surface area contributed by atoms with Crippen LogP contribution in [-0.4, -0.2) is 60.9 Å². The first-order valence-corrected chi connectivity index (χ1v) is 5.45. The molecule has 2 N–H and O–H groups in total. The van der Waals surface area contributed by atoms with Crippen LogP contribution < -0.4 is 0 Å². The summed E-state index contributed by atoms with van der Waals surface area (Å²) in [5, 5.41) is 0. The van der Waals surface area contributed by atoms with Crippen LogP contribution in [0.15, 0.2) is 0 Å². The fraction of sp³-hybridized carbons (Fsp3) is 1.00. The number of hydrogen-bond donors (Lipinski definition) is 2. The first-order valence-electron chi connectivity index (χ1n) is 2.57. The molecule has 0 aliphatic heterocycles. The van der Waals surface area contributed by atoms with Crippen LogP contribution in [0.1, 0.15) is 0 Å². The van der Waals surface area contributed by atoms with E-state index in [2.05, 4.69) is 0 Å². The van der Waals surface area contributed by atoms with Crippen molar-refractivity contribution in [2.75, 3.05) is 0 Å². The van der Waals surface area contributed by atoms with Crippen LogP contribution in [0.4, 0.5) is 26.3 Å². The van der Waals surface area contributed by atoms with Gasteiger partial charge >= 0.3 is 31.3 Å². The minimum Gasteiger partial charge on any atom is -0.279 e. The van der Waals surface area contributed by atoms with Gasteiger partial charge in [0.15, 0.2) is 0 Å². The van der Waals surface area contributed by atoms with Gasteiger partial charge in [0.1, 0.15) is 0 Å². The molecule has 0 saturated heterocycles. The third kappa shape index (κ3) is 9.86. The van der Waals surface area contributed by atoms with Crippen molar-refractivity contribution in [3.63, 3.8) is 0 Å². The Morgan fingerprint density at radius 2 is 0.706 bits per heavy atom. The van der Waals surface area contributed by atoms with Crippen molar-refractivity contribution in [3.05, 3.63) is 0 Å². The average molecular weight is 419 g/mol. The molecule has 0 aliphatic carbocycles. The van der Waals surface area contributed by atoms with Crippen molar-refractivity contribution in [2.24, 2.45) is 0 Å². The fourth-order valence-corrected chi connectivity index (χ4v) is 0. The molecule has 104 valence electrons. The monoisotopic (exact) mass is 420 g/mol. The van der Waals surface area contributed by atoms with E-state index in [0.29, 0.717) is 0 Å². The number of alkyl halides is 6. The predicted molar refractivity (Wildman–Crippen MR) is 41.0 cm³/mol. The van der Waals surface area contributed by atoms with Crippen LogP contribution in [0.2, 0.25) is 0 Å². The zero-order chi connectivity index (χ0) is 14.0. The Kier molecular flexibility index (Phi) is 8.41. The number of halogens is 6. The molecule has 6 nitrogen and oxygen atoms in total. The second kappa shape index (κ2) is 6.39. The second-order valence-corrected chi connectivity index (χ2v) is 4.67. The van der Waals surface area contributed by atoms with Crippen LogP contribution in [-0.2, 0) is 20.2 Å². The van der Waals surface area contributed by atoms with Gasteiger partial charge in [-0.15, -0.1) is 0 Å². The molecular weight excluding hydrogens is 417 g/mol. The van der Waals surface area contributed by atoms with Crippen LogP contribution in [0.25, 0.3) is 0 Å². The fourth-order valence-electron chi connectivity index (χ4n) is 0. The summed E-state index contributed by atoms with van der Waals surface area (Å²) in [5.41, 5.74) is -11.1. The summed E-state index contributed by atoms with van der Waals surface area (Å²) in [6.45, 7) is 0. The molecule has 0 aliphatic rings. The summed E-state index contributed by atoms with van der Waals surface area (Å²) in [7, 11) is -11.7. The Morgan fingerprint density at radius 1 is 0.647 bits per heavy atom. The summed E-state index contributed by atoms with van der Waals surface area (Å²) in [6, 6.07) is 0. The first kappa shape index (κ1) is 22.4. The molecule has 0 saturated carbocycles. The van der Waals surface area contributed by atoms with Gasteiger partial charge in [-0.05, 0) is 0 Å². The largest absolute Gasteiger partial charge is 0.522 e. The van der Waals surface area contributed by atoms with E-state index in [9.17, 15) is 26.3 Å². The third-order valence-electron chi connectivity index (χ3n) is 0.585. The smallest absolute Gasteiger partial charge is 0.279 e. The predicted octanol–water partition coefficient (Wildman–Crippen LogP) is 0.407. The molecular formula is C2H2F6O6S2Sn. The third-order valence-corrected chi connectivity index (χ3v) is 1.75. The van der Waals surface area contributed by atoms with E-state index in [1.54, 1.807) is 0 Å². The van der Waals surface area contributed by atoms with Crippen LogP contribution in [0, 0.1) is 0 Å². The van der Waals surface area contributed by atoms with E-state index < -0.39 is 31.3 Å². The van der Waals surface area contributed by atoms with Gasteiger partial charge in [0.25, 0.3) is 0 Å². The second-order valence-electron chi connectivity index (χ2n) is 1.84. The minimum absolute atomic E-state index is 0. The van der Waals surface area contributed by atoms with Gasteiger partial charge < -0.3 is 0 Å². The molecule has 0 atom stereocenters. The molecule has 0 rings (SSSR count). The van der Waals surface area contributed by atoms with Gasteiger partial charge in [0.05, 0.1) is 0 Å². The summed E-state index contributed by atoms with van der Waals surface area (Å²) in [6.07, 6.45) is 0. The van der Waals surface area contributed by atoms with Crippen molar-refractivity contribution in [3.8, 4) is 0 Å². The van der Waals surface area contributed by atoms with Crippen molar-refractivity contribution < 1.29 is 52.3 Å². The van der Waals surface area contributed by atoms with Gasteiger partial charge in [-0.3, -0.25) is 9.11 Å². The Balaban J connectivity index is -0.000000218. The van der Waals surface area contributed by atoms with Gasteiger partial charge in [-0.25, -0.2) is 0 Å². The van der Waals surface area contributed by atoms with E-state index in [0.717, 1.165) is 0 Å². The van der Waals surface area contributed by atoms with E-state index >= 15 is 0 Å². The van der Waals surface area contributed by atoms with E-state index in [1.165, 1.54) is 0 Å². The summed E-state index contributed by atoms with van der Waals surface area (Å²) >= 11 is 0. The molecule has 0 bridgehead atoms. The number of hydrogen-bond acceptors (Lipinski definition) is 4. The van der Waals surface area contributed by atoms with Crippen LogP contribution in [0.3, 0.4) is 0 Å². The average Bonchev–Trinajstić information content (AvgIpc) is 1.77. The molecule has 0 heterocycles. The molecule has 15 heteroatoms. The maximum absolute atomic E-state index is 10.7. The molecule has 0 unspecified atom stereocenters. The standard InChI is InChI=1S/2CHF3O3S.Sn/c2*2-1(3,4)8(5,6)7;/h2*(H,5,6,7);. The van der Waals surface area contributed by atoms with Gasteiger partial charge in [-0.2, -0.15) is 43.2 Å². The summed E-state index contributed by atoms with van der Waals surface area (Å²) in [4.78, 5) is 0. The zero-order valence-corrected chi connectivity index (χ0v) is 11.6. The van der Waals surface area contributed by atoms with Crippen LogP contribution in [0.5, 0.6) is 0 Å². The zero-order valence-electron chi connectivity index (χ0n) is 7.11. The molecule has 0 spiro atoms. The molecule has 0 aromatic carbocycles. The normalized spacial score (nSPS) is 13.2. The first-order chi connectivity index (χ1) is 6.50. The van der Waals surface area contributed by atoms with Crippen molar-refractivity contribution in [1.29, 1.82) is 0 Å². The van der Waals surface area contributed by atoms with Crippen molar-refractivity contribution >= 4 is 44.1 Å². The molecule has 0 fully saturated rings. The Hall–Kier alpha value is 0.199. The van der Waals surface area contributed by atoms with Gasteiger partial charge in [0.2, 0.25) is 0 Å². The summed E-state index contributed by atoms with van der Waals surface area (Å²) < 4.78 is 115. The SMILES string of the molecule is O=S(=O)(O)C(F)(F)F.O=S(=O)(O)C(F)(F)F.[Sn]. The summed E-state index contributed by atoms with van der Waals surface area (Å²) in [5.74, 6) is 0. The molecule has 0 aromatic heterocycles. The Bertz CT molecular complexity index is 374. The minimum atomic E-state index is -5.84. The van der Waals surface area contributed by atoms with Gasteiger partial charge in [-0.1, -0.05) is 0 Å². The molecule has 17 heavy (non-hydrogen) atoms. The Labute approximate surface area is 107 Å².